The molecule has 1 fully saturated rings. The molecule has 0 saturated heterocycles. The van der Waals surface area contributed by atoms with Gasteiger partial charge in [-0.15, -0.1) is 11.3 Å². The van der Waals surface area contributed by atoms with Gasteiger partial charge in [0.1, 0.15) is 11.1 Å². The van der Waals surface area contributed by atoms with Gasteiger partial charge in [-0.2, -0.15) is 5.26 Å². The van der Waals surface area contributed by atoms with Gasteiger partial charge in [0.2, 0.25) is 5.91 Å². The summed E-state index contributed by atoms with van der Waals surface area (Å²) in [6.07, 6.45) is 4.02. The second kappa shape index (κ2) is 6.07. The van der Waals surface area contributed by atoms with Gasteiger partial charge in [0.25, 0.3) is 0 Å². The number of nitrogens with zero attached hydrogens (tertiary/aromatic N) is 1. The molecule has 4 heteroatoms. The van der Waals surface area contributed by atoms with E-state index in [1.165, 1.54) is 16.0 Å². The number of fused-ring (bicyclic) bond motifs is 1. The highest BCUT2D eigenvalue weighted by atomic mass is 32.1. The molecule has 1 aromatic heterocycles. The van der Waals surface area contributed by atoms with Crippen molar-refractivity contribution in [1.82, 2.24) is 0 Å². The third-order valence-electron chi connectivity index (χ3n) is 5.22. The molecular weight excluding hydrogens is 316 g/mol. The Kier molecular flexibility index (Phi) is 3.90. The van der Waals surface area contributed by atoms with Crippen LogP contribution in [0.15, 0.2) is 30.3 Å². The highest BCUT2D eigenvalue weighted by Crippen LogP contribution is 2.48. The maximum atomic E-state index is 12.6. The number of anilines is 1. The van der Waals surface area contributed by atoms with E-state index in [2.05, 4.69) is 30.4 Å². The minimum atomic E-state index is 0.0389. The van der Waals surface area contributed by atoms with Crippen molar-refractivity contribution < 1.29 is 4.79 Å². The van der Waals surface area contributed by atoms with Crippen molar-refractivity contribution >= 4 is 22.2 Å². The third-order valence-corrected chi connectivity index (χ3v) is 6.38. The summed E-state index contributed by atoms with van der Waals surface area (Å²) in [6, 6.07) is 12.5. The summed E-state index contributed by atoms with van der Waals surface area (Å²) >= 11 is 1.61. The summed E-state index contributed by atoms with van der Waals surface area (Å²) in [7, 11) is 0. The first-order valence-electron chi connectivity index (χ1n) is 8.57. The van der Waals surface area contributed by atoms with E-state index in [0.29, 0.717) is 17.4 Å². The minimum absolute atomic E-state index is 0.0389. The van der Waals surface area contributed by atoms with E-state index in [1.807, 2.05) is 18.2 Å². The van der Waals surface area contributed by atoms with Crippen LogP contribution < -0.4 is 5.32 Å². The third kappa shape index (κ3) is 2.74. The zero-order chi connectivity index (χ0) is 16.7. The Bertz CT molecular complexity index is 818. The normalized spacial score (nSPS) is 24.8. The summed E-state index contributed by atoms with van der Waals surface area (Å²) in [4.78, 5) is 13.9. The van der Waals surface area contributed by atoms with Gasteiger partial charge in [-0.05, 0) is 48.6 Å². The van der Waals surface area contributed by atoms with Crippen LogP contribution in [0.25, 0.3) is 0 Å². The molecule has 1 saturated carbocycles. The van der Waals surface area contributed by atoms with Gasteiger partial charge < -0.3 is 5.32 Å². The molecule has 122 valence electrons. The SMILES string of the molecule is C[C@@H]1CCc2c(sc(NC(=O)[C@H]3C[C@@H]3c3ccccc3)c2C#N)C1. The second-order valence-electron chi connectivity index (χ2n) is 7.02. The Hall–Kier alpha value is -2.12. The molecule has 0 aliphatic heterocycles. The van der Waals surface area contributed by atoms with Crippen molar-refractivity contribution in [3.8, 4) is 6.07 Å². The number of hydrogen-bond donors (Lipinski definition) is 1. The first-order valence-corrected chi connectivity index (χ1v) is 9.39. The fraction of sp³-hybridized carbons (Fsp3) is 0.400. The minimum Gasteiger partial charge on any atom is -0.316 e. The van der Waals surface area contributed by atoms with Crippen molar-refractivity contribution in [2.45, 2.75) is 38.5 Å². The fourth-order valence-corrected chi connectivity index (χ4v) is 5.08. The lowest BCUT2D eigenvalue weighted by Gasteiger charge is -2.17. The monoisotopic (exact) mass is 336 g/mol. The maximum Gasteiger partial charge on any atom is 0.228 e. The van der Waals surface area contributed by atoms with Crippen LogP contribution in [-0.2, 0) is 17.6 Å². The van der Waals surface area contributed by atoms with E-state index in [9.17, 15) is 10.1 Å². The number of thiophene rings is 1. The molecule has 3 nitrogen and oxygen atoms in total. The first-order chi connectivity index (χ1) is 11.7. The predicted octanol–water partition coefficient (Wildman–Crippen LogP) is 4.49. The highest BCUT2D eigenvalue weighted by molar-refractivity contribution is 7.16. The molecule has 2 aliphatic rings. The molecule has 1 N–H and O–H groups in total. The Morgan fingerprint density at radius 2 is 2.12 bits per heavy atom. The van der Waals surface area contributed by atoms with Crippen LogP contribution in [0.3, 0.4) is 0 Å². The van der Waals surface area contributed by atoms with Crippen LogP contribution in [0, 0.1) is 23.2 Å². The number of nitriles is 1. The molecule has 1 heterocycles. The zero-order valence-electron chi connectivity index (χ0n) is 13.7. The average molecular weight is 336 g/mol. The Morgan fingerprint density at radius 1 is 1.33 bits per heavy atom. The molecule has 0 radical (unpaired) electrons. The molecule has 4 rings (SSSR count). The number of carbonyl (C=O) groups is 1. The molecule has 2 aromatic rings. The fourth-order valence-electron chi connectivity index (χ4n) is 3.72. The van der Waals surface area contributed by atoms with E-state index < -0.39 is 0 Å². The van der Waals surface area contributed by atoms with Crippen LogP contribution in [-0.4, -0.2) is 5.91 Å². The van der Waals surface area contributed by atoms with E-state index in [-0.39, 0.29) is 11.8 Å². The molecule has 0 unspecified atom stereocenters. The topological polar surface area (TPSA) is 52.9 Å². The number of carbonyl (C=O) groups excluding carboxylic acids is 1. The predicted molar refractivity (Wildman–Crippen MR) is 96.1 cm³/mol. The molecule has 0 spiro atoms. The quantitative estimate of drug-likeness (QED) is 0.898. The summed E-state index contributed by atoms with van der Waals surface area (Å²) < 4.78 is 0. The summed E-state index contributed by atoms with van der Waals surface area (Å²) in [5.74, 6) is 1.09. The molecule has 0 bridgehead atoms. The number of nitrogens with one attached hydrogen (secondary N) is 1. The lowest BCUT2D eigenvalue weighted by Crippen LogP contribution is -2.14. The van der Waals surface area contributed by atoms with Crippen molar-refractivity contribution in [3.63, 3.8) is 0 Å². The van der Waals surface area contributed by atoms with Crippen molar-refractivity contribution in [3.05, 3.63) is 51.9 Å². The van der Waals surface area contributed by atoms with Crippen molar-refractivity contribution in [2.24, 2.45) is 11.8 Å². The van der Waals surface area contributed by atoms with Gasteiger partial charge in [0, 0.05) is 10.8 Å². The van der Waals surface area contributed by atoms with E-state index in [0.717, 1.165) is 30.7 Å². The van der Waals surface area contributed by atoms with Crippen LogP contribution >= 0.6 is 11.3 Å². The average Bonchev–Trinajstić information content (AvgIpc) is 3.32. The maximum absolute atomic E-state index is 12.6. The summed E-state index contributed by atoms with van der Waals surface area (Å²) in [6.45, 7) is 2.25. The van der Waals surface area contributed by atoms with Gasteiger partial charge in [0.15, 0.2) is 0 Å². The second-order valence-corrected chi connectivity index (χ2v) is 8.12. The lowest BCUT2D eigenvalue weighted by atomic mass is 9.88. The molecule has 2 aliphatic carbocycles. The Morgan fingerprint density at radius 3 is 2.88 bits per heavy atom. The van der Waals surface area contributed by atoms with Gasteiger partial charge >= 0.3 is 0 Å². The lowest BCUT2D eigenvalue weighted by molar-refractivity contribution is -0.117. The molecule has 3 atom stereocenters. The summed E-state index contributed by atoms with van der Waals surface area (Å²) in [5, 5.41) is 13.3. The number of amides is 1. The molecule has 24 heavy (non-hydrogen) atoms. The van der Waals surface area contributed by atoms with Gasteiger partial charge in [-0.3, -0.25) is 4.79 Å². The van der Waals surface area contributed by atoms with Crippen LogP contribution in [0.2, 0.25) is 0 Å². The van der Waals surface area contributed by atoms with Gasteiger partial charge in [0.05, 0.1) is 5.56 Å². The number of hydrogen-bond acceptors (Lipinski definition) is 3. The Balaban J connectivity index is 1.50. The Labute approximate surface area is 146 Å². The highest BCUT2D eigenvalue weighted by Gasteiger charge is 2.44. The first kappa shape index (κ1) is 15.4. The largest absolute Gasteiger partial charge is 0.316 e. The standard InChI is InChI=1S/C20H20N2OS/c1-12-7-8-14-17(11-21)20(24-18(14)9-12)22-19(23)16-10-15(16)13-5-3-2-4-6-13/h2-6,12,15-16H,7-10H2,1H3,(H,22,23)/t12-,15-,16+/m1/s1. The van der Waals surface area contributed by atoms with Gasteiger partial charge in [-0.25, -0.2) is 0 Å². The molecule has 1 aromatic carbocycles. The van der Waals surface area contributed by atoms with Crippen LogP contribution in [0.1, 0.15) is 47.3 Å². The van der Waals surface area contributed by atoms with E-state index in [4.69, 9.17) is 0 Å². The number of benzene rings is 1. The molecular formula is C20H20N2OS. The number of rotatable bonds is 3. The van der Waals surface area contributed by atoms with Crippen LogP contribution in [0.4, 0.5) is 5.00 Å². The smallest absolute Gasteiger partial charge is 0.228 e. The van der Waals surface area contributed by atoms with Crippen LogP contribution in [0.5, 0.6) is 0 Å². The van der Waals surface area contributed by atoms with E-state index in [1.54, 1.807) is 11.3 Å². The van der Waals surface area contributed by atoms with Crippen molar-refractivity contribution in [2.75, 3.05) is 5.32 Å². The zero-order valence-corrected chi connectivity index (χ0v) is 14.5. The van der Waals surface area contributed by atoms with E-state index >= 15 is 0 Å². The van der Waals surface area contributed by atoms with Gasteiger partial charge in [-0.1, -0.05) is 37.3 Å². The van der Waals surface area contributed by atoms with Crippen molar-refractivity contribution in [1.29, 1.82) is 5.26 Å². The molecule has 1 amide bonds. The summed E-state index contributed by atoms with van der Waals surface area (Å²) in [5.41, 5.74) is 3.11.